The highest BCUT2D eigenvalue weighted by Gasteiger charge is 1.99. The van der Waals surface area contributed by atoms with E-state index in [4.69, 9.17) is 11.6 Å². The van der Waals surface area contributed by atoms with Gasteiger partial charge in [0.25, 0.3) is 0 Å². The molecule has 0 saturated carbocycles. The molecule has 0 radical (unpaired) electrons. The molecule has 2 aromatic carbocycles. The minimum atomic E-state index is 0.240. The Labute approximate surface area is 112 Å². The third kappa shape index (κ3) is 2.93. The zero-order valence-corrected chi connectivity index (χ0v) is 11.0. The van der Waals surface area contributed by atoms with E-state index in [1.165, 1.54) is 11.1 Å². The van der Waals surface area contributed by atoms with Crippen LogP contribution in [0.4, 0.5) is 0 Å². The van der Waals surface area contributed by atoms with Crippen LogP contribution < -0.4 is 0 Å². The SMILES string of the molecule is CCc1ccccc1/C=C/c1cc(Cl)ccc1O. The highest BCUT2D eigenvalue weighted by atomic mass is 35.5. The minimum Gasteiger partial charge on any atom is -0.507 e. The van der Waals surface area contributed by atoms with Crippen LogP contribution in [0, 0.1) is 0 Å². The Morgan fingerprint density at radius 3 is 2.56 bits per heavy atom. The summed E-state index contributed by atoms with van der Waals surface area (Å²) in [6, 6.07) is 13.3. The molecule has 0 fully saturated rings. The van der Waals surface area contributed by atoms with E-state index < -0.39 is 0 Å². The van der Waals surface area contributed by atoms with Crippen molar-refractivity contribution in [3.05, 3.63) is 64.2 Å². The highest BCUT2D eigenvalue weighted by molar-refractivity contribution is 6.30. The maximum atomic E-state index is 9.73. The molecule has 0 spiro atoms. The molecular weight excluding hydrogens is 244 g/mol. The van der Waals surface area contributed by atoms with Crippen molar-refractivity contribution in [2.45, 2.75) is 13.3 Å². The average Bonchev–Trinajstić information content (AvgIpc) is 2.40. The number of hydrogen-bond acceptors (Lipinski definition) is 1. The van der Waals surface area contributed by atoms with Crippen LogP contribution in [0.15, 0.2) is 42.5 Å². The fraction of sp³-hybridized carbons (Fsp3) is 0.125. The van der Waals surface area contributed by atoms with Gasteiger partial charge in [0.05, 0.1) is 0 Å². The van der Waals surface area contributed by atoms with Crippen LogP contribution in [0.1, 0.15) is 23.6 Å². The fourth-order valence-corrected chi connectivity index (χ4v) is 2.04. The summed E-state index contributed by atoms with van der Waals surface area (Å²) in [7, 11) is 0. The van der Waals surface area contributed by atoms with Crippen molar-refractivity contribution in [1.82, 2.24) is 0 Å². The van der Waals surface area contributed by atoms with Gasteiger partial charge in [-0.3, -0.25) is 0 Å². The number of rotatable bonds is 3. The number of benzene rings is 2. The summed E-state index contributed by atoms with van der Waals surface area (Å²) in [6.07, 6.45) is 4.88. The number of hydrogen-bond donors (Lipinski definition) is 1. The summed E-state index contributed by atoms with van der Waals surface area (Å²) in [6.45, 7) is 2.13. The molecule has 0 atom stereocenters. The van der Waals surface area contributed by atoms with Crippen LogP contribution in [-0.4, -0.2) is 5.11 Å². The third-order valence-electron chi connectivity index (χ3n) is 2.87. The molecular formula is C16H15ClO. The summed E-state index contributed by atoms with van der Waals surface area (Å²) in [5.41, 5.74) is 3.18. The first-order chi connectivity index (χ1) is 8.70. The van der Waals surface area contributed by atoms with E-state index in [-0.39, 0.29) is 5.75 Å². The van der Waals surface area contributed by atoms with Crippen LogP contribution >= 0.6 is 11.6 Å². The van der Waals surface area contributed by atoms with E-state index in [1.807, 2.05) is 24.3 Å². The maximum Gasteiger partial charge on any atom is 0.122 e. The van der Waals surface area contributed by atoms with Gasteiger partial charge in [0.15, 0.2) is 0 Å². The summed E-state index contributed by atoms with van der Waals surface area (Å²) >= 11 is 5.91. The first kappa shape index (κ1) is 12.7. The lowest BCUT2D eigenvalue weighted by Gasteiger charge is -2.03. The lowest BCUT2D eigenvalue weighted by atomic mass is 10.0. The lowest BCUT2D eigenvalue weighted by Crippen LogP contribution is -1.84. The van der Waals surface area contributed by atoms with Gasteiger partial charge in [-0.05, 0) is 35.7 Å². The standard InChI is InChI=1S/C16H15ClO/c1-2-12-5-3-4-6-13(12)7-8-14-11-15(17)9-10-16(14)18/h3-11,18H,2H2,1H3/b8-7+. The molecule has 0 heterocycles. The van der Waals surface area contributed by atoms with Crippen molar-refractivity contribution in [2.24, 2.45) is 0 Å². The number of aryl methyl sites for hydroxylation is 1. The molecule has 0 unspecified atom stereocenters. The van der Waals surface area contributed by atoms with Gasteiger partial charge in [-0.25, -0.2) is 0 Å². The molecule has 0 aliphatic carbocycles. The quantitative estimate of drug-likeness (QED) is 0.786. The summed E-state index contributed by atoms with van der Waals surface area (Å²) < 4.78 is 0. The van der Waals surface area contributed by atoms with Gasteiger partial charge in [-0.1, -0.05) is 54.9 Å². The number of halogens is 1. The Kier molecular flexibility index (Phi) is 4.06. The lowest BCUT2D eigenvalue weighted by molar-refractivity contribution is 0.474. The molecule has 1 N–H and O–H groups in total. The number of aromatic hydroxyl groups is 1. The van der Waals surface area contributed by atoms with E-state index in [2.05, 4.69) is 19.1 Å². The normalized spacial score (nSPS) is 11.0. The van der Waals surface area contributed by atoms with Gasteiger partial charge < -0.3 is 5.11 Å². The third-order valence-corrected chi connectivity index (χ3v) is 3.10. The van der Waals surface area contributed by atoms with E-state index in [0.717, 1.165) is 12.0 Å². The predicted molar refractivity (Wildman–Crippen MR) is 77.9 cm³/mol. The Bertz CT molecular complexity index is 573. The van der Waals surface area contributed by atoms with Gasteiger partial charge in [0.1, 0.15) is 5.75 Å². The number of phenols is 1. The smallest absolute Gasteiger partial charge is 0.122 e. The molecule has 2 rings (SSSR count). The molecule has 2 heteroatoms. The Balaban J connectivity index is 2.33. The first-order valence-electron chi connectivity index (χ1n) is 5.95. The zero-order chi connectivity index (χ0) is 13.0. The van der Waals surface area contributed by atoms with Crippen molar-refractivity contribution in [2.75, 3.05) is 0 Å². The molecule has 0 aromatic heterocycles. The predicted octanol–water partition coefficient (Wildman–Crippen LogP) is 4.78. The molecule has 0 amide bonds. The fourth-order valence-electron chi connectivity index (χ4n) is 1.86. The monoisotopic (exact) mass is 258 g/mol. The van der Waals surface area contributed by atoms with Crippen molar-refractivity contribution >= 4 is 23.8 Å². The highest BCUT2D eigenvalue weighted by Crippen LogP contribution is 2.24. The van der Waals surface area contributed by atoms with Crippen LogP contribution in [0.5, 0.6) is 5.75 Å². The second kappa shape index (κ2) is 5.74. The van der Waals surface area contributed by atoms with E-state index >= 15 is 0 Å². The van der Waals surface area contributed by atoms with Gasteiger partial charge >= 0.3 is 0 Å². The zero-order valence-electron chi connectivity index (χ0n) is 10.2. The Morgan fingerprint density at radius 1 is 1.06 bits per heavy atom. The van der Waals surface area contributed by atoms with E-state index in [1.54, 1.807) is 18.2 Å². The molecule has 0 aliphatic rings. The second-order valence-electron chi connectivity index (χ2n) is 4.09. The molecule has 92 valence electrons. The van der Waals surface area contributed by atoms with Gasteiger partial charge in [-0.15, -0.1) is 0 Å². The van der Waals surface area contributed by atoms with Gasteiger partial charge in [0.2, 0.25) is 0 Å². The number of phenolic OH excluding ortho intramolecular Hbond substituents is 1. The van der Waals surface area contributed by atoms with Crippen molar-refractivity contribution in [3.8, 4) is 5.75 Å². The van der Waals surface area contributed by atoms with Crippen LogP contribution in [0.2, 0.25) is 5.02 Å². The van der Waals surface area contributed by atoms with Crippen molar-refractivity contribution < 1.29 is 5.11 Å². The molecule has 0 aliphatic heterocycles. The molecule has 0 bridgehead atoms. The van der Waals surface area contributed by atoms with Crippen molar-refractivity contribution in [3.63, 3.8) is 0 Å². The van der Waals surface area contributed by atoms with Gasteiger partial charge in [-0.2, -0.15) is 0 Å². The minimum absolute atomic E-state index is 0.240. The topological polar surface area (TPSA) is 20.2 Å². The molecule has 0 saturated heterocycles. The van der Waals surface area contributed by atoms with Crippen LogP contribution in [0.25, 0.3) is 12.2 Å². The van der Waals surface area contributed by atoms with E-state index in [9.17, 15) is 5.11 Å². The van der Waals surface area contributed by atoms with E-state index in [0.29, 0.717) is 5.02 Å². The van der Waals surface area contributed by atoms with Crippen molar-refractivity contribution in [1.29, 1.82) is 0 Å². The Hall–Kier alpha value is -1.73. The van der Waals surface area contributed by atoms with Crippen LogP contribution in [-0.2, 0) is 6.42 Å². The van der Waals surface area contributed by atoms with Crippen LogP contribution in [0.3, 0.4) is 0 Å². The summed E-state index contributed by atoms with van der Waals surface area (Å²) in [4.78, 5) is 0. The largest absolute Gasteiger partial charge is 0.507 e. The summed E-state index contributed by atoms with van der Waals surface area (Å²) in [5, 5.41) is 10.4. The molecule has 1 nitrogen and oxygen atoms in total. The molecule has 18 heavy (non-hydrogen) atoms. The second-order valence-corrected chi connectivity index (χ2v) is 4.53. The maximum absolute atomic E-state index is 9.73. The molecule has 2 aromatic rings. The first-order valence-corrected chi connectivity index (χ1v) is 6.33. The van der Waals surface area contributed by atoms with Gasteiger partial charge in [0, 0.05) is 10.6 Å². The average molecular weight is 259 g/mol. The summed E-state index contributed by atoms with van der Waals surface area (Å²) in [5.74, 6) is 0.240. The Morgan fingerprint density at radius 2 is 1.78 bits per heavy atom.